The molecule has 2 nitrogen and oxygen atoms in total. The Morgan fingerprint density at radius 3 is 1.13 bits per heavy atom. The SMILES string of the molecule is Cc1ccc(-c2ccccc2)cc1N(c1cccc(C(C)C)c1)c1ccc2ccc3c(N(c4cccc(C(C)C)c4)c4cc(-c5ccccc5)ccc4C)ccc4ccc1c2c43. The lowest BCUT2D eigenvalue weighted by molar-refractivity contribution is 0.866. The van der Waals surface area contributed by atoms with E-state index in [1.54, 1.807) is 0 Å². The summed E-state index contributed by atoms with van der Waals surface area (Å²) in [6.07, 6.45) is 0. The van der Waals surface area contributed by atoms with Gasteiger partial charge in [-0.15, -0.1) is 0 Å². The Morgan fingerprint density at radius 2 is 0.726 bits per heavy atom. The Hall–Kier alpha value is -7.16. The van der Waals surface area contributed by atoms with Crippen LogP contribution in [-0.4, -0.2) is 0 Å². The van der Waals surface area contributed by atoms with Gasteiger partial charge in [0, 0.05) is 33.5 Å². The molecule has 62 heavy (non-hydrogen) atoms. The molecule has 0 aliphatic rings. The minimum atomic E-state index is 0.398. The molecule has 10 rings (SSSR count). The summed E-state index contributed by atoms with van der Waals surface area (Å²) in [7, 11) is 0. The highest BCUT2D eigenvalue weighted by molar-refractivity contribution is 6.28. The van der Waals surface area contributed by atoms with E-state index in [2.05, 4.69) is 245 Å². The van der Waals surface area contributed by atoms with Crippen molar-refractivity contribution < 1.29 is 0 Å². The van der Waals surface area contributed by atoms with Crippen molar-refractivity contribution in [2.24, 2.45) is 0 Å². The third kappa shape index (κ3) is 6.96. The summed E-state index contributed by atoms with van der Waals surface area (Å²) in [6, 6.07) is 72.2. The highest BCUT2D eigenvalue weighted by atomic mass is 15.2. The molecular formula is C60H52N2. The van der Waals surface area contributed by atoms with Crippen molar-refractivity contribution >= 4 is 66.4 Å². The number of hydrogen-bond donors (Lipinski definition) is 0. The van der Waals surface area contributed by atoms with Crippen LogP contribution in [0.15, 0.2) is 194 Å². The molecule has 0 unspecified atom stereocenters. The summed E-state index contributed by atoms with van der Waals surface area (Å²) in [5.41, 5.74) is 16.9. The maximum atomic E-state index is 2.50. The van der Waals surface area contributed by atoms with Crippen LogP contribution in [-0.2, 0) is 0 Å². The first-order valence-corrected chi connectivity index (χ1v) is 22.1. The van der Waals surface area contributed by atoms with E-state index in [0.717, 1.165) is 11.4 Å². The fourth-order valence-corrected chi connectivity index (χ4v) is 9.34. The van der Waals surface area contributed by atoms with E-state index in [1.807, 2.05) is 0 Å². The molecule has 0 aliphatic heterocycles. The van der Waals surface area contributed by atoms with Crippen LogP contribution in [0.4, 0.5) is 34.1 Å². The van der Waals surface area contributed by atoms with Crippen molar-refractivity contribution in [3.8, 4) is 22.3 Å². The Kier molecular flexibility index (Phi) is 10.1. The van der Waals surface area contributed by atoms with Crippen LogP contribution in [0.25, 0.3) is 54.6 Å². The number of nitrogens with zero attached hydrogens (tertiary/aromatic N) is 2. The van der Waals surface area contributed by atoms with Gasteiger partial charge in [-0.05, 0) is 140 Å². The van der Waals surface area contributed by atoms with Crippen LogP contribution >= 0.6 is 0 Å². The molecule has 302 valence electrons. The molecule has 0 saturated carbocycles. The van der Waals surface area contributed by atoms with Crippen LogP contribution in [0.2, 0.25) is 0 Å². The van der Waals surface area contributed by atoms with E-state index in [1.165, 1.54) is 99.6 Å². The zero-order valence-corrected chi connectivity index (χ0v) is 36.5. The average molecular weight is 801 g/mol. The molecule has 2 heteroatoms. The molecule has 0 aromatic heterocycles. The predicted octanol–water partition coefficient (Wildman–Crippen LogP) is 17.7. The Bertz CT molecular complexity index is 3000. The van der Waals surface area contributed by atoms with Gasteiger partial charge >= 0.3 is 0 Å². The normalized spacial score (nSPS) is 11.7. The molecule has 0 radical (unpaired) electrons. The molecule has 10 aromatic rings. The van der Waals surface area contributed by atoms with Crippen molar-refractivity contribution in [3.05, 3.63) is 216 Å². The van der Waals surface area contributed by atoms with Gasteiger partial charge in [0.05, 0.1) is 11.4 Å². The van der Waals surface area contributed by atoms with Crippen LogP contribution in [0, 0.1) is 13.8 Å². The monoisotopic (exact) mass is 800 g/mol. The highest BCUT2D eigenvalue weighted by Crippen LogP contribution is 2.49. The van der Waals surface area contributed by atoms with Crippen molar-refractivity contribution in [1.82, 2.24) is 0 Å². The van der Waals surface area contributed by atoms with Crippen molar-refractivity contribution in [2.45, 2.75) is 53.4 Å². The van der Waals surface area contributed by atoms with Gasteiger partial charge in [-0.2, -0.15) is 0 Å². The van der Waals surface area contributed by atoms with E-state index in [0.29, 0.717) is 11.8 Å². The molecule has 0 spiro atoms. The van der Waals surface area contributed by atoms with Crippen molar-refractivity contribution in [3.63, 3.8) is 0 Å². The standard InChI is InChI=1S/C60H52N2/c1-39(2)47-19-13-21-51(35-47)61(57-37-49(25-23-41(57)5)43-15-9-7-10-16-43)55-33-29-45-28-32-54-56(34-30-46-27-31-53(55)59(45)60(46)54)62(52-22-14-20-48(36-52)40(3)4)58-38-50(26-24-42(58)6)44-17-11-8-12-18-44/h7-40H,1-6H3. The lowest BCUT2D eigenvalue weighted by atomic mass is 9.91. The third-order valence-corrected chi connectivity index (χ3v) is 12.8. The minimum Gasteiger partial charge on any atom is -0.310 e. The third-order valence-electron chi connectivity index (χ3n) is 12.8. The second kappa shape index (κ2) is 16.0. The van der Waals surface area contributed by atoms with Gasteiger partial charge in [0.15, 0.2) is 0 Å². The Morgan fingerprint density at radius 1 is 0.323 bits per heavy atom. The number of benzene rings is 10. The van der Waals surface area contributed by atoms with Gasteiger partial charge in [-0.3, -0.25) is 0 Å². The summed E-state index contributed by atoms with van der Waals surface area (Å²) < 4.78 is 0. The summed E-state index contributed by atoms with van der Waals surface area (Å²) in [5.74, 6) is 0.795. The van der Waals surface area contributed by atoms with Gasteiger partial charge in [0.1, 0.15) is 0 Å². The first-order chi connectivity index (χ1) is 30.2. The number of hydrogen-bond acceptors (Lipinski definition) is 2. The van der Waals surface area contributed by atoms with E-state index in [-0.39, 0.29) is 0 Å². The largest absolute Gasteiger partial charge is 0.310 e. The van der Waals surface area contributed by atoms with Gasteiger partial charge in [0.2, 0.25) is 0 Å². The minimum absolute atomic E-state index is 0.398. The molecule has 0 heterocycles. The zero-order valence-electron chi connectivity index (χ0n) is 36.5. The topological polar surface area (TPSA) is 6.48 Å². The lowest BCUT2D eigenvalue weighted by Gasteiger charge is -2.31. The predicted molar refractivity (Wildman–Crippen MR) is 268 cm³/mol. The average Bonchev–Trinajstić information content (AvgIpc) is 3.31. The van der Waals surface area contributed by atoms with E-state index in [9.17, 15) is 0 Å². The second-order valence-electron chi connectivity index (χ2n) is 17.5. The molecule has 10 aromatic carbocycles. The maximum Gasteiger partial charge on any atom is 0.0540 e. The maximum absolute atomic E-state index is 2.50. The van der Waals surface area contributed by atoms with E-state index < -0.39 is 0 Å². The summed E-state index contributed by atoms with van der Waals surface area (Å²) in [6.45, 7) is 13.6. The number of rotatable bonds is 10. The quantitative estimate of drug-likeness (QED) is 0.127. The summed E-state index contributed by atoms with van der Waals surface area (Å²) in [4.78, 5) is 5.01. The molecule has 0 fully saturated rings. The highest BCUT2D eigenvalue weighted by Gasteiger charge is 2.24. The first kappa shape index (κ1) is 39.0. The Labute approximate surface area is 366 Å². The van der Waals surface area contributed by atoms with Gasteiger partial charge < -0.3 is 9.80 Å². The summed E-state index contributed by atoms with van der Waals surface area (Å²) in [5, 5.41) is 7.50. The van der Waals surface area contributed by atoms with Crippen LogP contribution in [0.5, 0.6) is 0 Å². The van der Waals surface area contributed by atoms with Crippen LogP contribution < -0.4 is 9.80 Å². The molecule has 0 amide bonds. The number of aryl methyl sites for hydroxylation is 2. The van der Waals surface area contributed by atoms with Gasteiger partial charge in [0.25, 0.3) is 0 Å². The van der Waals surface area contributed by atoms with Gasteiger partial charge in [-0.25, -0.2) is 0 Å². The van der Waals surface area contributed by atoms with Crippen LogP contribution in [0.1, 0.15) is 61.8 Å². The first-order valence-electron chi connectivity index (χ1n) is 22.1. The van der Waals surface area contributed by atoms with Crippen molar-refractivity contribution in [2.75, 3.05) is 9.80 Å². The lowest BCUT2D eigenvalue weighted by Crippen LogP contribution is -2.13. The van der Waals surface area contributed by atoms with E-state index in [4.69, 9.17) is 0 Å². The zero-order chi connectivity index (χ0) is 42.5. The molecule has 0 atom stereocenters. The van der Waals surface area contributed by atoms with Gasteiger partial charge in [-0.1, -0.05) is 173 Å². The molecular weight excluding hydrogens is 749 g/mol. The molecule has 0 bridgehead atoms. The molecule has 0 aliphatic carbocycles. The molecule has 0 saturated heterocycles. The Balaban J connectivity index is 1.23. The molecule has 0 N–H and O–H groups in total. The second-order valence-corrected chi connectivity index (χ2v) is 17.5. The summed E-state index contributed by atoms with van der Waals surface area (Å²) >= 11 is 0. The van der Waals surface area contributed by atoms with E-state index >= 15 is 0 Å². The fraction of sp³-hybridized carbons (Fsp3) is 0.133. The van der Waals surface area contributed by atoms with Crippen LogP contribution in [0.3, 0.4) is 0 Å². The number of anilines is 6. The smallest absolute Gasteiger partial charge is 0.0540 e. The van der Waals surface area contributed by atoms with Crippen molar-refractivity contribution in [1.29, 1.82) is 0 Å². The fourth-order valence-electron chi connectivity index (χ4n) is 9.34.